The van der Waals surface area contributed by atoms with Gasteiger partial charge in [0.15, 0.2) is 11.5 Å². The van der Waals surface area contributed by atoms with E-state index >= 15 is 0 Å². The van der Waals surface area contributed by atoms with Gasteiger partial charge in [0.1, 0.15) is 5.78 Å². The van der Waals surface area contributed by atoms with Crippen molar-refractivity contribution >= 4 is 23.1 Å². The smallest absolute Gasteiger partial charge is 0.336 e. The SMILES string of the molecule is CC1=C(C(=O)OC(C)C)C(c2ccc3c(c2)OCO3)C2C(=O)CC(c3cccs3)C=C2N1. The minimum atomic E-state index is -0.481. The first kappa shape index (κ1) is 20.8. The minimum absolute atomic E-state index is 0.0376. The number of ether oxygens (including phenoxy) is 3. The molecule has 1 aromatic heterocycles. The standard InChI is InChI=1S/C25H25NO5S/c1-13(2)31-25(28)22-14(3)26-17-9-16(21-5-4-8-32-21)10-18(27)24(17)23(22)15-6-7-19-20(11-15)30-12-29-19/h4-9,11,13,16,23-24,26H,10,12H2,1-3H3. The van der Waals surface area contributed by atoms with Crippen LogP contribution in [0.1, 0.15) is 49.5 Å². The summed E-state index contributed by atoms with van der Waals surface area (Å²) in [5.74, 6) is 0.0951. The van der Waals surface area contributed by atoms with Gasteiger partial charge in [-0.15, -0.1) is 11.3 Å². The van der Waals surface area contributed by atoms with E-state index in [-0.39, 0.29) is 24.6 Å². The van der Waals surface area contributed by atoms with Crippen molar-refractivity contribution in [3.05, 3.63) is 69.2 Å². The zero-order valence-corrected chi connectivity index (χ0v) is 19.0. The topological polar surface area (TPSA) is 73.9 Å². The summed E-state index contributed by atoms with van der Waals surface area (Å²) in [4.78, 5) is 27.9. The Kier molecular flexibility index (Phi) is 5.29. The maximum absolute atomic E-state index is 13.5. The number of hydrogen-bond donors (Lipinski definition) is 1. The van der Waals surface area contributed by atoms with Crippen molar-refractivity contribution in [2.75, 3.05) is 6.79 Å². The second kappa shape index (κ2) is 8.13. The average Bonchev–Trinajstić information content (AvgIpc) is 3.43. The Morgan fingerprint density at radius 2 is 2.00 bits per heavy atom. The van der Waals surface area contributed by atoms with Gasteiger partial charge in [-0.2, -0.15) is 0 Å². The second-order valence-electron chi connectivity index (χ2n) is 8.60. The monoisotopic (exact) mass is 451 g/mol. The number of thiophene rings is 1. The normalized spacial score (nSPS) is 24.2. The molecule has 0 bridgehead atoms. The molecule has 3 aliphatic rings. The van der Waals surface area contributed by atoms with Gasteiger partial charge in [-0.05, 0) is 49.9 Å². The Hall–Kier alpha value is -3.06. The highest BCUT2D eigenvalue weighted by molar-refractivity contribution is 7.10. The zero-order chi connectivity index (χ0) is 22.4. The number of nitrogens with one attached hydrogen (secondary N) is 1. The number of hydrogen-bond acceptors (Lipinski definition) is 7. The zero-order valence-electron chi connectivity index (χ0n) is 18.2. The molecule has 0 spiro atoms. The number of Topliss-reactive ketones (excluding diaryl/α,β-unsaturated/α-hetero) is 1. The van der Waals surface area contributed by atoms with Gasteiger partial charge in [0.25, 0.3) is 0 Å². The highest BCUT2D eigenvalue weighted by Crippen LogP contribution is 2.48. The summed E-state index contributed by atoms with van der Waals surface area (Å²) in [6, 6.07) is 9.70. The Morgan fingerprint density at radius 1 is 1.19 bits per heavy atom. The third-order valence-corrected chi connectivity index (χ3v) is 7.10. The molecule has 6 nitrogen and oxygen atoms in total. The van der Waals surface area contributed by atoms with Crippen LogP contribution in [0.25, 0.3) is 0 Å². The molecule has 0 radical (unpaired) electrons. The second-order valence-corrected chi connectivity index (χ2v) is 9.58. The van der Waals surface area contributed by atoms with Crippen molar-refractivity contribution in [3.63, 3.8) is 0 Å². The van der Waals surface area contributed by atoms with Crippen LogP contribution in [-0.4, -0.2) is 24.6 Å². The lowest BCUT2D eigenvalue weighted by atomic mass is 9.69. The van der Waals surface area contributed by atoms with E-state index in [9.17, 15) is 9.59 Å². The van der Waals surface area contributed by atoms with Crippen LogP contribution in [0.15, 0.2) is 58.8 Å². The number of fused-ring (bicyclic) bond motifs is 2. The Balaban J connectivity index is 1.62. The number of allylic oxidation sites excluding steroid dienone is 3. The fourth-order valence-corrected chi connectivity index (χ4v) is 5.57. The summed E-state index contributed by atoms with van der Waals surface area (Å²) in [6.45, 7) is 5.68. The molecule has 3 unspecified atom stereocenters. The summed E-state index contributed by atoms with van der Waals surface area (Å²) >= 11 is 1.65. The molecular formula is C25H25NO5S. The van der Waals surface area contributed by atoms with Crippen LogP contribution in [0.4, 0.5) is 0 Å². The maximum Gasteiger partial charge on any atom is 0.336 e. The van der Waals surface area contributed by atoms with Gasteiger partial charge in [0, 0.05) is 34.5 Å². The van der Waals surface area contributed by atoms with Crippen molar-refractivity contribution in [2.45, 2.75) is 45.1 Å². The quantitative estimate of drug-likeness (QED) is 0.683. The molecule has 1 N–H and O–H groups in total. The molecule has 2 aromatic rings. The lowest BCUT2D eigenvalue weighted by Gasteiger charge is -2.39. The predicted molar refractivity (Wildman–Crippen MR) is 121 cm³/mol. The summed E-state index contributed by atoms with van der Waals surface area (Å²) < 4.78 is 16.6. The van der Waals surface area contributed by atoms with Gasteiger partial charge in [0.2, 0.25) is 6.79 Å². The number of ketones is 1. The lowest BCUT2D eigenvalue weighted by Crippen LogP contribution is -2.42. The largest absolute Gasteiger partial charge is 0.460 e. The predicted octanol–water partition coefficient (Wildman–Crippen LogP) is 4.65. The molecule has 0 saturated heterocycles. The highest BCUT2D eigenvalue weighted by Gasteiger charge is 2.45. The van der Waals surface area contributed by atoms with Crippen LogP contribution in [0.2, 0.25) is 0 Å². The molecule has 32 heavy (non-hydrogen) atoms. The summed E-state index contributed by atoms with van der Waals surface area (Å²) in [7, 11) is 0. The summed E-state index contributed by atoms with van der Waals surface area (Å²) in [5.41, 5.74) is 2.88. The molecule has 0 fully saturated rings. The van der Waals surface area contributed by atoms with Crippen LogP contribution in [0, 0.1) is 5.92 Å². The average molecular weight is 452 g/mol. The molecule has 3 atom stereocenters. The molecule has 0 saturated carbocycles. The van der Waals surface area contributed by atoms with Crippen molar-refractivity contribution in [2.24, 2.45) is 5.92 Å². The first-order chi connectivity index (χ1) is 15.4. The summed E-state index contributed by atoms with van der Waals surface area (Å²) in [5, 5.41) is 5.39. The van der Waals surface area contributed by atoms with E-state index in [1.54, 1.807) is 11.3 Å². The molecular weight excluding hydrogens is 426 g/mol. The van der Waals surface area contributed by atoms with Gasteiger partial charge < -0.3 is 19.5 Å². The molecule has 1 aromatic carbocycles. The number of carbonyl (C=O) groups is 2. The first-order valence-corrected chi connectivity index (χ1v) is 11.7. The first-order valence-electron chi connectivity index (χ1n) is 10.8. The molecule has 1 aliphatic carbocycles. The Bertz CT molecular complexity index is 1130. The van der Waals surface area contributed by atoms with E-state index < -0.39 is 17.8 Å². The number of rotatable bonds is 4. The van der Waals surface area contributed by atoms with Crippen LogP contribution in [0.3, 0.4) is 0 Å². The Morgan fingerprint density at radius 3 is 2.75 bits per heavy atom. The third kappa shape index (κ3) is 3.60. The van der Waals surface area contributed by atoms with Gasteiger partial charge in [0.05, 0.1) is 17.6 Å². The van der Waals surface area contributed by atoms with E-state index in [4.69, 9.17) is 14.2 Å². The fraction of sp³-hybridized carbons (Fsp3) is 0.360. The fourth-order valence-electron chi connectivity index (χ4n) is 4.77. The van der Waals surface area contributed by atoms with Gasteiger partial charge in [-0.25, -0.2) is 4.79 Å². The molecule has 7 heteroatoms. The van der Waals surface area contributed by atoms with Gasteiger partial charge in [-0.3, -0.25) is 4.79 Å². The number of esters is 1. The van der Waals surface area contributed by atoms with E-state index in [0.29, 0.717) is 29.2 Å². The van der Waals surface area contributed by atoms with Gasteiger partial charge >= 0.3 is 5.97 Å². The molecule has 5 rings (SSSR count). The number of carbonyl (C=O) groups excluding carboxylic acids is 2. The summed E-state index contributed by atoms with van der Waals surface area (Å²) in [6.07, 6.45) is 2.29. The number of benzene rings is 1. The van der Waals surface area contributed by atoms with Crippen molar-refractivity contribution in [3.8, 4) is 11.5 Å². The highest BCUT2D eigenvalue weighted by atomic mass is 32.1. The van der Waals surface area contributed by atoms with E-state index in [1.165, 1.54) is 0 Å². The van der Waals surface area contributed by atoms with Gasteiger partial charge in [-0.1, -0.05) is 18.2 Å². The van der Waals surface area contributed by atoms with Crippen LogP contribution < -0.4 is 14.8 Å². The van der Waals surface area contributed by atoms with Crippen molar-refractivity contribution < 1.29 is 23.8 Å². The molecule has 0 amide bonds. The van der Waals surface area contributed by atoms with Crippen molar-refractivity contribution in [1.82, 2.24) is 5.32 Å². The molecule has 2 aliphatic heterocycles. The minimum Gasteiger partial charge on any atom is -0.460 e. The third-order valence-electron chi connectivity index (χ3n) is 6.09. The van der Waals surface area contributed by atoms with Crippen LogP contribution >= 0.6 is 11.3 Å². The lowest BCUT2D eigenvalue weighted by molar-refractivity contribution is -0.143. The van der Waals surface area contributed by atoms with E-state index in [0.717, 1.165) is 16.1 Å². The van der Waals surface area contributed by atoms with Crippen molar-refractivity contribution in [1.29, 1.82) is 0 Å². The van der Waals surface area contributed by atoms with E-state index in [2.05, 4.69) is 17.5 Å². The Labute approximate surface area is 190 Å². The maximum atomic E-state index is 13.5. The molecule has 3 heterocycles. The van der Waals surface area contributed by atoms with Crippen LogP contribution in [0.5, 0.6) is 11.5 Å². The van der Waals surface area contributed by atoms with E-state index in [1.807, 2.05) is 50.4 Å². The van der Waals surface area contributed by atoms with Crippen LogP contribution in [-0.2, 0) is 14.3 Å². The molecule has 166 valence electrons.